The van der Waals surface area contributed by atoms with E-state index in [-0.39, 0.29) is 11.7 Å². The maximum Gasteiger partial charge on any atom is 0.236 e. The van der Waals surface area contributed by atoms with Crippen LogP contribution in [0.1, 0.15) is 12.5 Å². The third kappa shape index (κ3) is 4.31. The Morgan fingerprint density at radius 2 is 2.00 bits per heavy atom. The number of carbonyl (C=O) groups is 1. The van der Waals surface area contributed by atoms with Crippen molar-refractivity contribution >= 4 is 39.4 Å². The van der Waals surface area contributed by atoms with Crippen molar-refractivity contribution in [3.8, 4) is 11.4 Å². The van der Waals surface area contributed by atoms with Gasteiger partial charge in [-0.1, -0.05) is 45.9 Å². The van der Waals surface area contributed by atoms with Crippen LogP contribution in [0.4, 0.5) is 5.82 Å². The lowest BCUT2D eigenvalue weighted by Crippen LogP contribution is -2.16. The van der Waals surface area contributed by atoms with Crippen LogP contribution in [0.3, 0.4) is 0 Å². The number of thioether (sulfide) groups is 1. The zero-order valence-electron chi connectivity index (χ0n) is 14.4. The molecule has 0 bridgehead atoms. The van der Waals surface area contributed by atoms with Gasteiger partial charge in [-0.05, 0) is 37.6 Å². The molecular weight excluding hydrogens is 414 g/mol. The standard InChI is InChI=1S/C18H18BrN5OS/c1-3-24-17(13-6-8-14(19)9-7-13)22-23-18(24)26-11-15(25)21-16-12(2)5-4-10-20-16/h4-10H,3,11H2,1-2H3,(H,20,21,25). The molecule has 8 heteroatoms. The lowest BCUT2D eigenvalue weighted by molar-refractivity contribution is -0.113. The van der Waals surface area contributed by atoms with Gasteiger partial charge in [-0.25, -0.2) is 4.98 Å². The average Bonchev–Trinajstić information content (AvgIpc) is 3.05. The molecule has 2 heterocycles. The van der Waals surface area contributed by atoms with E-state index in [2.05, 4.69) is 36.4 Å². The van der Waals surface area contributed by atoms with Gasteiger partial charge in [-0.3, -0.25) is 4.79 Å². The van der Waals surface area contributed by atoms with Gasteiger partial charge in [0.1, 0.15) is 5.82 Å². The zero-order chi connectivity index (χ0) is 18.5. The number of anilines is 1. The average molecular weight is 432 g/mol. The predicted molar refractivity (Wildman–Crippen MR) is 107 cm³/mol. The second-order valence-electron chi connectivity index (χ2n) is 5.56. The van der Waals surface area contributed by atoms with Gasteiger partial charge in [0.15, 0.2) is 11.0 Å². The second kappa shape index (κ2) is 8.46. The Morgan fingerprint density at radius 3 is 2.69 bits per heavy atom. The van der Waals surface area contributed by atoms with Gasteiger partial charge >= 0.3 is 0 Å². The largest absolute Gasteiger partial charge is 0.310 e. The van der Waals surface area contributed by atoms with Gasteiger partial charge in [0, 0.05) is 22.8 Å². The van der Waals surface area contributed by atoms with E-state index in [4.69, 9.17) is 0 Å². The number of rotatable bonds is 6. The van der Waals surface area contributed by atoms with Gasteiger partial charge in [0.25, 0.3) is 0 Å². The van der Waals surface area contributed by atoms with E-state index < -0.39 is 0 Å². The molecule has 3 aromatic rings. The number of nitrogens with zero attached hydrogens (tertiary/aromatic N) is 4. The smallest absolute Gasteiger partial charge is 0.236 e. The summed E-state index contributed by atoms with van der Waals surface area (Å²) < 4.78 is 3.02. The molecule has 0 spiro atoms. The summed E-state index contributed by atoms with van der Waals surface area (Å²) in [7, 11) is 0. The number of benzene rings is 1. The Hall–Kier alpha value is -2.19. The molecule has 1 N–H and O–H groups in total. The summed E-state index contributed by atoms with van der Waals surface area (Å²) in [4.78, 5) is 16.4. The highest BCUT2D eigenvalue weighted by molar-refractivity contribution is 9.10. The van der Waals surface area contributed by atoms with Crippen molar-refractivity contribution in [1.29, 1.82) is 0 Å². The van der Waals surface area contributed by atoms with E-state index in [1.807, 2.05) is 54.8 Å². The van der Waals surface area contributed by atoms with Crippen molar-refractivity contribution in [3.05, 3.63) is 52.6 Å². The number of hydrogen-bond donors (Lipinski definition) is 1. The van der Waals surface area contributed by atoms with E-state index in [0.717, 1.165) is 33.1 Å². The molecule has 2 aromatic heterocycles. The van der Waals surface area contributed by atoms with Crippen molar-refractivity contribution in [3.63, 3.8) is 0 Å². The fraction of sp³-hybridized carbons (Fsp3) is 0.222. The molecule has 3 rings (SSSR count). The summed E-state index contributed by atoms with van der Waals surface area (Å²) in [5.41, 5.74) is 1.92. The number of hydrogen-bond acceptors (Lipinski definition) is 5. The lowest BCUT2D eigenvalue weighted by Gasteiger charge is -2.08. The number of nitrogens with one attached hydrogen (secondary N) is 1. The van der Waals surface area contributed by atoms with Crippen molar-refractivity contribution in [2.24, 2.45) is 0 Å². The first kappa shape index (κ1) is 18.6. The third-order valence-corrected chi connectivity index (χ3v) is 5.23. The quantitative estimate of drug-likeness (QED) is 0.593. The number of aromatic nitrogens is 4. The first-order valence-electron chi connectivity index (χ1n) is 8.12. The molecule has 26 heavy (non-hydrogen) atoms. The minimum Gasteiger partial charge on any atom is -0.310 e. The molecule has 0 fully saturated rings. The first-order chi connectivity index (χ1) is 12.6. The molecule has 0 unspecified atom stereocenters. The lowest BCUT2D eigenvalue weighted by atomic mass is 10.2. The molecule has 0 saturated carbocycles. The first-order valence-corrected chi connectivity index (χ1v) is 9.89. The van der Waals surface area contributed by atoms with E-state index in [1.54, 1.807) is 6.20 Å². The van der Waals surface area contributed by atoms with Gasteiger partial charge < -0.3 is 9.88 Å². The molecule has 0 aliphatic rings. The molecular formula is C18H18BrN5OS. The van der Waals surface area contributed by atoms with Crippen molar-refractivity contribution < 1.29 is 4.79 Å². The van der Waals surface area contributed by atoms with E-state index in [1.165, 1.54) is 11.8 Å². The van der Waals surface area contributed by atoms with E-state index in [9.17, 15) is 4.79 Å². The molecule has 0 atom stereocenters. The highest BCUT2D eigenvalue weighted by Gasteiger charge is 2.15. The van der Waals surface area contributed by atoms with Crippen LogP contribution >= 0.6 is 27.7 Å². The maximum absolute atomic E-state index is 12.2. The monoisotopic (exact) mass is 431 g/mol. The van der Waals surface area contributed by atoms with Crippen LogP contribution in [0.25, 0.3) is 11.4 Å². The molecule has 0 radical (unpaired) electrons. The highest BCUT2D eigenvalue weighted by Crippen LogP contribution is 2.25. The minimum atomic E-state index is -0.118. The van der Waals surface area contributed by atoms with Crippen LogP contribution in [0.5, 0.6) is 0 Å². The summed E-state index contributed by atoms with van der Waals surface area (Å²) in [6.45, 7) is 4.67. The van der Waals surface area contributed by atoms with Gasteiger partial charge in [0.05, 0.1) is 5.75 Å². The molecule has 0 saturated heterocycles. The maximum atomic E-state index is 12.2. The Bertz CT molecular complexity index is 910. The van der Waals surface area contributed by atoms with Crippen LogP contribution in [0.15, 0.2) is 52.2 Å². The SMILES string of the molecule is CCn1c(SCC(=O)Nc2ncccc2C)nnc1-c1ccc(Br)cc1. The van der Waals surface area contributed by atoms with Crippen LogP contribution in [-0.4, -0.2) is 31.4 Å². The predicted octanol–water partition coefficient (Wildman–Crippen LogP) is 4.16. The number of carbonyl (C=O) groups excluding carboxylic acids is 1. The van der Waals surface area contributed by atoms with Gasteiger partial charge in [-0.2, -0.15) is 0 Å². The number of halogens is 1. The van der Waals surface area contributed by atoms with Gasteiger partial charge in [0.2, 0.25) is 5.91 Å². The normalized spacial score (nSPS) is 10.7. The zero-order valence-corrected chi connectivity index (χ0v) is 16.8. The molecule has 6 nitrogen and oxygen atoms in total. The Labute approximate surface area is 164 Å². The van der Waals surface area contributed by atoms with Crippen LogP contribution in [0, 0.1) is 6.92 Å². The molecule has 1 amide bonds. The Kier molecular flexibility index (Phi) is 6.05. The van der Waals surface area contributed by atoms with Gasteiger partial charge in [-0.15, -0.1) is 10.2 Å². The Morgan fingerprint density at radius 1 is 1.23 bits per heavy atom. The summed E-state index contributed by atoms with van der Waals surface area (Å²) >= 11 is 4.80. The second-order valence-corrected chi connectivity index (χ2v) is 7.42. The number of amides is 1. The molecule has 1 aromatic carbocycles. The van der Waals surface area contributed by atoms with Crippen molar-refractivity contribution in [2.45, 2.75) is 25.5 Å². The van der Waals surface area contributed by atoms with Crippen LogP contribution in [0.2, 0.25) is 0 Å². The topological polar surface area (TPSA) is 72.7 Å². The van der Waals surface area contributed by atoms with E-state index >= 15 is 0 Å². The molecule has 0 aliphatic heterocycles. The Balaban J connectivity index is 1.69. The highest BCUT2D eigenvalue weighted by atomic mass is 79.9. The van der Waals surface area contributed by atoms with Crippen molar-refractivity contribution in [1.82, 2.24) is 19.7 Å². The fourth-order valence-electron chi connectivity index (χ4n) is 2.41. The summed E-state index contributed by atoms with van der Waals surface area (Å²) in [6.07, 6.45) is 1.66. The fourth-order valence-corrected chi connectivity index (χ4v) is 3.47. The third-order valence-electron chi connectivity index (χ3n) is 3.74. The molecule has 0 aliphatic carbocycles. The summed E-state index contributed by atoms with van der Waals surface area (Å²) in [5, 5.41) is 12.1. The summed E-state index contributed by atoms with van der Waals surface area (Å²) in [6, 6.07) is 11.7. The molecule has 134 valence electrons. The number of aryl methyl sites for hydroxylation is 1. The van der Waals surface area contributed by atoms with E-state index in [0.29, 0.717) is 5.82 Å². The summed E-state index contributed by atoms with van der Waals surface area (Å²) in [5.74, 6) is 1.51. The van der Waals surface area contributed by atoms with Crippen LogP contribution in [-0.2, 0) is 11.3 Å². The minimum absolute atomic E-state index is 0.118. The number of pyridine rings is 1. The van der Waals surface area contributed by atoms with Crippen molar-refractivity contribution in [2.75, 3.05) is 11.1 Å². The van der Waals surface area contributed by atoms with Crippen LogP contribution < -0.4 is 5.32 Å².